The summed E-state index contributed by atoms with van der Waals surface area (Å²) in [5.74, 6) is -0.758. The Balaban J connectivity index is 1.65. The Labute approximate surface area is 191 Å². The largest absolute Gasteiger partial charge is 0.433 e. The SMILES string of the molecule is CC(NC(=O)c1cc(C(F)(F)F)nc(C2(C#N)CC2)c1)c1nccnc1-c1ccc(Cl)cn1. The van der Waals surface area contributed by atoms with Gasteiger partial charge >= 0.3 is 6.18 Å². The molecule has 1 fully saturated rings. The van der Waals surface area contributed by atoms with Crippen molar-refractivity contribution in [3.63, 3.8) is 0 Å². The number of nitrogens with one attached hydrogen (secondary N) is 1. The quantitative estimate of drug-likeness (QED) is 0.579. The maximum absolute atomic E-state index is 13.4. The molecule has 7 nitrogen and oxygen atoms in total. The van der Waals surface area contributed by atoms with Crippen molar-refractivity contribution in [2.45, 2.75) is 37.4 Å². The highest BCUT2D eigenvalue weighted by Crippen LogP contribution is 2.47. The minimum absolute atomic E-state index is 0.0526. The van der Waals surface area contributed by atoms with Gasteiger partial charge in [-0.1, -0.05) is 11.6 Å². The Kier molecular flexibility index (Phi) is 5.76. The van der Waals surface area contributed by atoms with Gasteiger partial charge in [0.05, 0.1) is 39.6 Å². The number of carbonyl (C=O) groups excluding carboxylic acids is 1. The van der Waals surface area contributed by atoms with Crippen LogP contribution in [0.3, 0.4) is 0 Å². The van der Waals surface area contributed by atoms with Crippen LogP contribution in [0.1, 0.15) is 53.2 Å². The van der Waals surface area contributed by atoms with Gasteiger partial charge < -0.3 is 5.32 Å². The molecular weight excluding hydrogens is 457 g/mol. The molecule has 33 heavy (non-hydrogen) atoms. The summed E-state index contributed by atoms with van der Waals surface area (Å²) in [6, 6.07) is 6.50. The third-order valence-electron chi connectivity index (χ3n) is 5.29. The van der Waals surface area contributed by atoms with Crippen LogP contribution in [0.2, 0.25) is 5.02 Å². The third-order valence-corrected chi connectivity index (χ3v) is 5.51. The third kappa shape index (κ3) is 4.64. The van der Waals surface area contributed by atoms with E-state index in [9.17, 15) is 23.2 Å². The number of hydrogen-bond acceptors (Lipinski definition) is 6. The standard InChI is InChI=1S/C22H16ClF3N6O/c1-12(18-19(29-7-6-28-18)15-3-2-14(23)10-30-15)31-20(33)13-8-16(21(11-27)4-5-21)32-17(9-13)22(24,25)26/h2-3,6-10,12H,4-5H2,1H3,(H,31,33). The zero-order valence-electron chi connectivity index (χ0n) is 17.2. The second-order valence-electron chi connectivity index (χ2n) is 7.66. The second-order valence-corrected chi connectivity index (χ2v) is 8.10. The summed E-state index contributed by atoms with van der Waals surface area (Å²) < 4.78 is 40.2. The monoisotopic (exact) mass is 472 g/mol. The van der Waals surface area contributed by atoms with Crippen LogP contribution in [0.15, 0.2) is 42.9 Å². The molecule has 1 amide bonds. The number of halogens is 4. The summed E-state index contributed by atoms with van der Waals surface area (Å²) in [7, 11) is 0. The summed E-state index contributed by atoms with van der Waals surface area (Å²) in [5.41, 5.74) is -1.35. The number of nitrogens with zero attached hydrogens (tertiary/aromatic N) is 5. The van der Waals surface area contributed by atoms with Gasteiger partial charge in [0.2, 0.25) is 0 Å². The Morgan fingerprint density at radius 1 is 1.21 bits per heavy atom. The highest BCUT2D eigenvalue weighted by Gasteiger charge is 2.48. The van der Waals surface area contributed by atoms with Crippen molar-refractivity contribution in [1.29, 1.82) is 5.26 Å². The van der Waals surface area contributed by atoms with Crippen LogP contribution >= 0.6 is 11.6 Å². The summed E-state index contributed by atoms with van der Waals surface area (Å²) in [5, 5.41) is 12.5. The first-order valence-electron chi connectivity index (χ1n) is 9.88. The molecule has 1 aliphatic carbocycles. The van der Waals surface area contributed by atoms with Crippen LogP contribution in [0.25, 0.3) is 11.4 Å². The van der Waals surface area contributed by atoms with Crippen molar-refractivity contribution in [1.82, 2.24) is 25.3 Å². The predicted molar refractivity (Wildman–Crippen MR) is 112 cm³/mol. The second kappa shape index (κ2) is 8.41. The lowest BCUT2D eigenvalue weighted by Gasteiger charge is -2.17. The van der Waals surface area contributed by atoms with Gasteiger partial charge in [0.25, 0.3) is 5.91 Å². The molecule has 3 aromatic rings. The van der Waals surface area contributed by atoms with E-state index < -0.39 is 29.2 Å². The van der Waals surface area contributed by atoms with Gasteiger partial charge in [-0.25, -0.2) is 4.98 Å². The highest BCUT2D eigenvalue weighted by atomic mass is 35.5. The van der Waals surface area contributed by atoms with Crippen LogP contribution in [-0.4, -0.2) is 25.8 Å². The molecule has 0 aromatic carbocycles. The first-order valence-corrected chi connectivity index (χ1v) is 10.3. The van der Waals surface area contributed by atoms with E-state index in [4.69, 9.17) is 11.6 Å². The highest BCUT2D eigenvalue weighted by molar-refractivity contribution is 6.30. The molecule has 3 aromatic heterocycles. The van der Waals surface area contributed by atoms with Crippen LogP contribution in [0.4, 0.5) is 13.2 Å². The summed E-state index contributed by atoms with van der Waals surface area (Å²) in [6.45, 7) is 1.63. The minimum atomic E-state index is -4.76. The molecule has 168 valence electrons. The normalized spacial score (nSPS) is 15.4. The number of amides is 1. The number of nitriles is 1. The molecule has 1 atom stereocenters. The molecular formula is C22H16ClF3N6O. The number of alkyl halides is 3. The van der Waals surface area contributed by atoms with Gasteiger partial charge in [0.15, 0.2) is 0 Å². The average molecular weight is 473 g/mol. The Bertz CT molecular complexity index is 1250. The van der Waals surface area contributed by atoms with Crippen LogP contribution in [-0.2, 0) is 11.6 Å². The lowest BCUT2D eigenvalue weighted by atomic mass is 10.0. The zero-order chi connectivity index (χ0) is 23.8. The molecule has 1 saturated carbocycles. The lowest BCUT2D eigenvalue weighted by molar-refractivity contribution is -0.141. The van der Waals surface area contributed by atoms with Crippen molar-refractivity contribution in [2.75, 3.05) is 0 Å². The predicted octanol–water partition coefficient (Wildman–Crippen LogP) is 4.65. The van der Waals surface area contributed by atoms with Gasteiger partial charge in [0.1, 0.15) is 11.4 Å². The van der Waals surface area contributed by atoms with E-state index in [1.165, 1.54) is 24.7 Å². The maximum Gasteiger partial charge on any atom is 0.433 e. The van der Waals surface area contributed by atoms with E-state index in [1.54, 1.807) is 19.1 Å². The van der Waals surface area contributed by atoms with E-state index in [2.05, 4.69) is 25.3 Å². The maximum atomic E-state index is 13.4. The fraction of sp³-hybridized carbons (Fsp3) is 0.273. The number of pyridine rings is 2. The van der Waals surface area contributed by atoms with E-state index >= 15 is 0 Å². The molecule has 0 spiro atoms. The minimum Gasteiger partial charge on any atom is -0.344 e. The summed E-state index contributed by atoms with van der Waals surface area (Å²) in [4.78, 5) is 29.3. The molecule has 1 unspecified atom stereocenters. The van der Waals surface area contributed by atoms with Gasteiger partial charge in [-0.3, -0.25) is 19.7 Å². The fourth-order valence-electron chi connectivity index (χ4n) is 3.33. The van der Waals surface area contributed by atoms with Crippen LogP contribution in [0, 0.1) is 11.3 Å². The molecule has 3 heterocycles. The van der Waals surface area contributed by atoms with Crippen molar-refractivity contribution >= 4 is 17.5 Å². The van der Waals surface area contributed by atoms with E-state index in [0.29, 0.717) is 41.0 Å². The van der Waals surface area contributed by atoms with E-state index in [-0.39, 0.29) is 11.3 Å². The molecule has 11 heteroatoms. The molecule has 0 saturated heterocycles. The number of aromatic nitrogens is 4. The summed E-state index contributed by atoms with van der Waals surface area (Å²) >= 11 is 5.88. The van der Waals surface area contributed by atoms with Crippen LogP contribution in [0.5, 0.6) is 0 Å². The van der Waals surface area contributed by atoms with E-state index in [0.717, 1.165) is 0 Å². The molecule has 0 bridgehead atoms. The first kappa shape index (κ1) is 22.6. The molecule has 0 radical (unpaired) electrons. The van der Waals surface area contributed by atoms with E-state index in [1.807, 2.05) is 6.07 Å². The fourth-order valence-corrected chi connectivity index (χ4v) is 3.44. The van der Waals surface area contributed by atoms with Gasteiger partial charge in [0, 0.05) is 24.2 Å². The zero-order valence-corrected chi connectivity index (χ0v) is 17.9. The van der Waals surface area contributed by atoms with Gasteiger partial charge in [-0.15, -0.1) is 0 Å². The number of rotatable bonds is 5. The number of carbonyl (C=O) groups is 1. The first-order chi connectivity index (χ1) is 15.6. The van der Waals surface area contributed by atoms with Gasteiger partial charge in [-0.2, -0.15) is 18.4 Å². The van der Waals surface area contributed by atoms with Crippen LogP contribution < -0.4 is 5.32 Å². The molecule has 1 aliphatic rings. The van der Waals surface area contributed by atoms with Crippen molar-refractivity contribution in [2.24, 2.45) is 0 Å². The lowest BCUT2D eigenvalue weighted by Crippen LogP contribution is -2.29. The Morgan fingerprint density at radius 3 is 2.55 bits per heavy atom. The topological polar surface area (TPSA) is 104 Å². The number of hydrogen-bond donors (Lipinski definition) is 1. The van der Waals surface area contributed by atoms with Gasteiger partial charge in [-0.05, 0) is 44.0 Å². The molecule has 1 N–H and O–H groups in total. The Hall–Kier alpha value is -3.58. The Morgan fingerprint density at radius 2 is 1.94 bits per heavy atom. The summed E-state index contributed by atoms with van der Waals surface area (Å²) in [6.07, 6.45) is 0.372. The molecule has 4 rings (SSSR count). The van der Waals surface area contributed by atoms with Crippen molar-refractivity contribution in [3.8, 4) is 17.5 Å². The molecule has 0 aliphatic heterocycles. The average Bonchev–Trinajstić information content (AvgIpc) is 3.60. The van der Waals surface area contributed by atoms with Crippen molar-refractivity contribution in [3.05, 3.63) is 70.5 Å². The van der Waals surface area contributed by atoms with Crippen molar-refractivity contribution < 1.29 is 18.0 Å². The smallest absolute Gasteiger partial charge is 0.344 e.